The highest BCUT2D eigenvalue weighted by molar-refractivity contribution is 7.73. The lowest BCUT2D eigenvalue weighted by Crippen LogP contribution is -1.89. The Bertz CT molecular complexity index is 513. The fraction of sp³-hybridized carbons (Fsp3) is 0.100. The topological polar surface area (TPSA) is 37.2 Å². The lowest BCUT2D eigenvalue weighted by atomic mass is 10.2. The summed E-state index contributed by atoms with van der Waals surface area (Å²) in [6, 6.07) is 7.31. The molecule has 1 heterocycles. The second-order valence-electron chi connectivity index (χ2n) is 2.91. The Balaban J connectivity index is 2.46. The van der Waals surface area contributed by atoms with Gasteiger partial charge in [0, 0.05) is 5.38 Å². The van der Waals surface area contributed by atoms with Gasteiger partial charge in [-0.1, -0.05) is 0 Å². The summed E-state index contributed by atoms with van der Waals surface area (Å²) >= 11 is 6.14. The van der Waals surface area contributed by atoms with Crippen LogP contribution < -0.4 is 4.74 Å². The van der Waals surface area contributed by atoms with E-state index in [9.17, 15) is 5.21 Å². The van der Waals surface area contributed by atoms with E-state index in [1.165, 1.54) is 11.3 Å². The van der Waals surface area contributed by atoms with Gasteiger partial charge >= 0.3 is 0 Å². The molecule has 1 aromatic carbocycles. The zero-order valence-corrected chi connectivity index (χ0v) is 9.60. The fourth-order valence-corrected chi connectivity index (χ4v) is 2.13. The Kier molecular flexibility index (Phi) is 2.75. The highest BCUT2D eigenvalue weighted by Crippen LogP contribution is 2.24. The largest absolute Gasteiger partial charge is 0.804 e. The first kappa shape index (κ1) is 10.2. The zero-order valence-electron chi connectivity index (χ0n) is 7.97. The van der Waals surface area contributed by atoms with Crippen LogP contribution in [0.1, 0.15) is 0 Å². The van der Waals surface area contributed by atoms with Gasteiger partial charge < -0.3 is 14.7 Å². The molecule has 0 saturated carbocycles. The maximum absolute atomic E-state index is 11.5. The number of hydrogen-bond donors (Lipinski definition) is 0. The Morgan fingerprint density at radius 1 is 1.33 bits per heavy atom. The predicted molar refractivity (Wildman–Crippen MR) is 63.9 cm³/mol. The number of hydrogen-bond acceptors (Lipinski definition) is 4. The number of rotatable bonds is 2. The average molecular weight is 238 g/mol. The van der Waals surface area contributed by atoms with E-state index in [1.54, 1.807) is 12.5 Å². The number of ether oxygens (including phenoxy) is 1. The van der Waals surface area contributed by atoms with E-state index >= 15 is 0 Å². The van der Waals surface area contributed by atoms with Crippen molar-refractivity contribution in [1.29, 1.82) is 0 Å². The molecule has 0 saturated heterocycles. The molecule has 78 valence electrons. The maximum atomic E-state index is 11.5. The van der Waals surface area contributed by atoms with Crippen LogP contribution in [0.15, 0.2) is 29.6 Å². The summed E-state index contributed by atoms with van der Waals surface area (Å²) in [6.45, 7) is 0. The molecule has 0 radical (unpaired) electrons. The number of methoxy groups -OCH3 is 1. The van der Waals surface area contributed by atoms with Gasteiger partial charge in [-0.05, 0) is 42.0 Å². The van der Waals surface area contributed by atoms with Crippen LogP contribution in [0.25, 0.3) is 11.3 Å². The smallest absolute Gasteiger partial charge is 0.156 e. The molecule has 0 aliphatic rings. The zero-order chi connectivity index (χ0) is 10.8. The van der Waals surface area contributed by atoms with Crippen molar-refractivity contribution in [2.75, 3.05) is 7.11 Å². The van der Waals surface area contributed by atoms with Gasteiger partial charge in [0.15, 0.2) is 3.95 Å². The van der Waals surface area contributed by atoms with Crippen molar-refractivity contribution in [3.63, 3.8) is 0 Å². The monoisotopic (exact) mass is 238 g/mol. The molecular formula is C10H8NO2S2-. The van der Waals surface area contributed by atoms with E-state index in [0.29, 0.717) is 9.65 Å². The number of thiazole rings is 1. The van der Waals surface area contributed by atoms with E-state index in [1.807, 2.05) is 24.3 Å². The Labute approximate surface area is 96.1 Å². The third-order valence-electron chi connectivity index (χ3n) is 2.04. The molecule has 0 atom stereocenters. The Hall–Kier alpha value is -1.33. The highest BCUT2D eigenvalue weighted by Gasteiger charge is 2.01. The summed E-state index contributed by atoms with van der Waals surface area (Å²) < 4.78 is 6.14. The van der Waals surface area contributed by atoms with E-state index in [2.05, 4.69) is 0 Å². The Morgan fingerprint density at radius 3 is 2.47 bits per heavy atom. The minimum Gasteiger partial charge on any atom is -0.804 e. The molecule has 3 nitrogen and oxygen atoms in total. The SMILES string of the molecule is COc1ccc(-c2csc(=S)n2[O-])cc1. The van der Waals surface area contributed by atoms with Crippen molar-refractivity contribution in [3.8, 4) is 17.0 Å². The van der Waals surface area contributed by atoms with Crippen LogP contribution in [0.3, 0.4) is 0 Å². The van der Waals surface area contributed by atoms with Gasteiger partial charge in [0.2, 0.25) is 0 Å². The average Bonchev–Trinajstić information content (AvgIpc) is 2.60. The number of nitrogens with zero attached hydrogens (tertiary/aromatic N) is 1. The number of benzene rings is 1. The molecule has 0 N–H and O–H groups in total. The Morgan fingerprint density at radius 2 is 2.00 bits per heavy atom. The van der Waals surface area contributed by atoms with Gasteiger partial charge in [-0.2, -0.15) is 0 Å². The fourth-order valence-electron chi connectivity index (χ4n) is 1.25. The lowest BCUT2D eigenvalue weighted by molar-refractivity contribution is 0.415. The van der Waals surface area contributed by atoms with Crippen molar-refractivity contribution < 1.29 is 4.74 Å². The minimum absolute atomic E-state index is 0.334. The summed E-state index contributed by atoms with van der Waals surface area (Å²) in [4.78, 5) is 0. The lowest BCUT2D eigenvalue weighted by Gasteiger charge is -2.11. The third-order valence-corrected chi connectivity index (χ3v) is 3.20. The molecule has 5 heteroatoms. The van der Waals surface area contributed by atoms with Crippen LogP contribution >= 0.6 is 23.6 Å². The molecule has 0 amide bonds. The highest BCUT2D eigenvalue weighted by atomic mass is 32.1. The molecule has 0 aliphatic carbocycles. The molecule has 2 aromatic rings. The molecule has 0 fully saturated rings. The van der Waals surface area contributed by atoms with Crippen molar-refractivity contribution in [1.82, 2.24) is 4.73 Å². The van der Waals surface area contributed by atoms with Crippen LogP contribution in [0.5, 0.6) is 5.75 Å². The quantitative estimate of drug-likeness (QED) is 0.753. The van der Waals surface area contributed by atoms with Crippen LogP contribution in [0.4, 0.5) is 0 Å². The van der Waals surface area contributed by atoms with Crippen LogP contribution in [-0.4, -0.2) is 11.8 Å². The maximum Gasteiger partial charge on any atom is 0.156 e. The summed E-state index contributed by atoms with van der Waals surface area (Å²) in [6.07, 6.45) is 0. The van der Waals surface area contributed by atoms with E-state index in [-0.39, 0.29) is 0 Å². The van der Waals surface area contributed by atoms with Gasteiger partial charge in [0.1, 0.15) is 5.75 Å². The first-order chi connectivity index (χ1) is 7.22. The molecule has 0 unspecified atom stereocenters. The van der Waals surface area contributed by atoms with E-state index in [4.69, 9.17) is 17.0 Å². The van der Waals surface area contributed by atoms with Gasteiger partial charge in [-0.15, -0.1) is 11.3 Å². The van der Waals surface area contributed by atoms with Crippen molar-refractivity contribution in [3.05, 3.63) is 38.8 Å². The summed E-state index contributed by atoms with van der Waals surface area (Å²) in [5.74, 6) is 0.769. The molecule has 0 bridgehead atoms. The van der Waals surface area contributed by atoms with E-state index < -0.39 is 0 Å². The summed E-state index contributed by atoms with van der Waals surface area (Å²) in [7, 11) is 1.61. The summed E-state index contributed by atoms with van der Waals surface area (Å²) in [5.41, 5.74) is 1.44. The second kappa shape index (κ2) is 4.04. The summed E-state index contributed by atoms with van der Waals surface area (Å²) in [5, 5.41) is 13.3. The molecule has 15 heavy (non-hydrogen) atoms. The first-order valence-corrected chi connectivity index (χ1v) is 5.53. The standard InChI is InChI=1S/C10H8NO2S2/c1-13-8-4-2-7(3-5-8)9-6-15-10(14)11(9)12/h2-6H,1H3/q-1. The van der Waals surface area contributed by atoms with E-state index in [0.717, 1.165) is 16.0 Å². The van der Waals surface area contributed by atoms with Crippen LogP contribution in [0, 0.1) is 9.16 Å². The molecule has 2 rings (SSSR count). The minimum atomic E-state index is 0.334. The normalized spacial score (nSPS) is 10.2. The van der Waals surface area contributed by atoms with Crippen molar-refractivity contribution >= 4 is 23.6 Å². The molecular weight excluding hydrogens is 230 g/mol. The molecule has 0 aliphatic heterocycles. The second-order valence-corrected chi connectivity index (χ2v) is 4.41. The van der Waals surface area contributed by atoms with Crippen LogP contribution in [-0.2, 0) is 0 Å². The van der Waals surface area contributed by atoms with Gasteiger partial charge in [-0.3, -0.25) is 0 Å². The van der Waals surface area contributed by atoms with Gasteiger partial charge in [0.05, 0.1) is 12.8 Å². The van der Waals surface area contributed by atoms with Crippen molar-refractivity contribution in [2.24, 2.45) is 0 Å². The predicted octanol–water partition coefficient (Wildman–Crippen LogP) is 3.30. The third kappa shape index (κ3) is 1.88. The van der Waals surface area contributed by atoms with Gasteiger partial charge in [0.25, 0.3) is 0 Å². The first-order valence-electron chi connectivity index (χ1n) is 4.25. The van der Waals surface area contributed by atoms with Crippen LogP contribution in [0.2, 0.25) is 0 Å². The number of aromatic nitrogens is 1. The van der Waals surface area contributed by atoms with Crippen molar-refractivity contribution in [2.45, 2.75) is 0 Å². The molecule has 0 spiro atoms. The van der Waals surface area contributed by atoms with Gasteiger partial charge in [-0.25, -0.2) is 0 Å². The molecule has 1 aromatic heterocycles.